The molecule has 0 aliphatic heterocycles. The van der Waals surface area contributed by atoms with Gasteiger partial charge in [0.1, 0.15) is 5.82 Å². The summed E-state index contributed by atoms with van der Waals surface area (Å²) >= 11 is 0. The van der Waals surface area contributed by atoms with Gasteiger partial charge in [-0.3, -0.25) is 4.79 Å². The van der Waals surface area contributed by atoms with Crippen LogP contribution >= 0.6 is 0 Å². The van der Waals surface area contributed by atoms with Gasteiger partial charge in [0.25, 0.3) is 0 Å². The molecule has 0 aliphatic carbocycles. The van der Waals surface area contributed by atoms with Gasteiger partial charge >= 0.3 is 0 Å². The molecule has 4 rings (SSSR count). The molecule has 1 amide bonds. The quantitative estimate of drug-likeness (QED) is 0.388. The van der Waals surface area contributed by atoms with E-state index in [1.54, 1.807) is 6.92 Å². The molecular formula is C28H27N3O. The number of nitrogens with zero attached hydrogens (tertiary/aromatic N) is 2. The molecule has 4 nitrogen and oxygen atoms in total. The number of carbonyl (C=O) groups is 1. The molecule has 1 N–H and O–H groups in total. The van der Waals surface area contributed by atoms with Crippen LogP contribution in [0, 0.1) is 0 Å². The Labute approximate surface area is 189 Å². The zero-order valence-corrected chi connectivity index (χ0v) is 18.3. The Hall–Kier alpha value is -3.92. The van der Waals surface area contributed by atoms with Crippen LogP contribution in [0.5, 0.6) is 0 Å². The number of rotatable bonds is 8. The van der Waals surface area contributed by atoms with Crippen molar-refractivity contribution in [3.8, 4) is 11.4 Å². The molecule has 0 atom stereocenters. The van der Waals surface area contributed by atoms with Crippen LogP contribution in [0.4, 0.5) is 0 Å². The minimum absolute atomic E-state index is 0.158. The first-order valence-electron chi connectivity index (χ1n) is 10.8. The topological polar surface area (TPSA) is 46.9 Å². The van der Waals surface area contributed by atoms with E-state index >= 15 is 0 Å². The van der Waals surface area contributed by atoms with Crippen LogP contribution in [0.25, 0.3) is 11.4 Å². The summed E-state index contributed by atoms with van der Waals surface area (Å²) in [5, 5.41) is 2.97. The standard InChI is InChI=1S/C28H27N3O/c1-21(2)28(32)29-19-25-26(18-22-12-6-3-7-13-22)31(20-23-14-8-4-9-15-23)27(30-25)24-16-10-5-11-17-24/h3-17H,1,18-20H2,2H3,(H,29,32). The lowest BCUT2D eigenvalue weighted by molar-refractivity contribution is -0.117. The number of amides is 1. The van der Waals surface area contributed by atoms with Crippen LogP contribution in [-0.4, -0.2) is 15.5 Å². The maximum atomic E-state index is 12.2. The van der Waals surface area contributed by atoms with Crippen LogP contribution in [0.1, 0.15) is 29.4 Å². The van der Waals surface area contributed by atoms with Gasteiger partial charge in [0.05, 0.1) is 12.2 Å². The van der Waals surface area contributed by atoms with Crippen LogP contribution < -0.4 is 5.32 Å². The Morgan fingerprint density at radius 1 is 0.875 bits per heavy atom. The van der Waals surface area contributed by atoms with Gasteiger partial charge in [-0.1, -0.05) is 97.6 Å². The van der Waals surface area contributed by atoms with Gasteiger partial charge in [-0.15, -0.1) is 0 Å². The van der Waals surface area contributed by atoms with E-state index in [4.69, 9.17) is 4.98 Å². The van der Waals surface area contributed by atoms with Gasteiger partial charge in [0, 0.05) is 29.8 Å². The van der Waals surface area contributed by atoms with Crippen molar-refractivity contribution in [3.63, 3.8) is 0 Å². The molecule has 0 spiro atoms. The van der Waals surface area contributed by atoms with Crippen molar-refractivity contribution < 1.29 is 4.79 Å². The largest absolute Gasteiger partial charge is 0.347 e. The third-order valence-corrected chi connectivity index (χ3v) is 5.39. The lowest BCUT2D eigenvalue weighted by Crippen LogP contribution is -2.24. The van der Waals surface area contributed by atoms with Crippen molar-refractivity contribution in [2.24, 2.45) is 0 Å². The van der Waals surface area contributed by atoms with Gasteiger partial charge in [-0.25, -0.2) is 4.98 Å². The number of imidazole rings is 1. The second kappa shape index (κ2) is 9.92. The molecule has 1 aromatic heterocycles. The molecule has 4 heteroatoms. The van der Waals surface area contributed by atoms with Crippen LogP contribution in [0.15, 0.2) is 103 Å². The Bertz CT molecular complexity index is 1200. The van der Waals surface area contributed by atoms with Crippen molar-refractivity contribution in [1.82, 2.24) is 14.9 Å². The number of carbonyl (C=O) groups excluding carboxylic acids is 1. The highest BCUT2D eigenvalue weighted by atomic mass is 16.1. The van der Waals surface area contributed by atoms with Crippen molar-refractivity contribution in [3.05, 3.63) is 126 Å². The van der Waals surface area contributed by atoms with E-state index in [0.29, 0.717) is 18.7 Å². The fourth-order valence-electron chi connectivity index (χ4n) is 3.72. The molecular weight excluding hydrogens is 394 g/mol. The Morgan fingerprint density at radius 3 is 2.03 bits per heavy atom. The van der Waals surface area contributed by atoms with E-state index < -0.39 is 0 Å². The molecule has 4 aromatic rings. The van der Waals surface area contributed by atoms with Gasteiger partial charge < -0.3 is 9.88 Å². The van der Waals surface area contributed by atoms with Gasteiger partial charge in [0.15, 0.2) is 0 Å². The maximum absolute atomic E-state index is 12.2. The minimum atomic E-state index is -0.158. The maximum Gasteiger partial charge on any atom is 0.246 e. The summed E-state index contributed by atoms with van der Waals surface area (Å²) in [5.41, 5.74) is 5.92. The van der Waals surface area contributed by atoms with Crippen LogP contribution in [0.2, 0.25) is 0 Å². The lowest BCUT2D eigenvalue weighted by Gasteiger charge is -2.14. The minimum Gasteiger partial charge on any atom is -0.347 e. The van der Waals surface area contributed by atoms with Gasteiger partial charge in [0.2, 0.25) is 5.91 Å². The third kappa shape index (κ3) is 5.03. The fourth-order valence-corrected chi connectivity index (χ4v) is 3.72. The first-order chi connectivity index (χ1) is 15.6. The first kappa shape index (κ1) is 21.3. The molecule has 0 aliphatic rings. The SMILES string of the molecule is C=C(C)C(=O)NCc1nc(-c2ccccc2)n(Cc2ccccc2)c1Cc1ccccc1. The summed E-state index contributed by atoms with van der Waals surface area (Å²) in [6, 6.07) is 31.0. The number of hydrogen-bond acceptors (Lipinski definition) is 2. The Morgan fingerprint density at radius 2 is 1.44 bits per heavy atom. The molecule has 0 unspecified atom stereocenters. The smallest absolute Gasteiger partial charge is 0.246 e. The van der Waals surface area contributed by atoms with Crippen molar-refractivity contribution in [2.45, 2.75) is 26.4 Å². The molecule has 32 heavy (non-hydrogen) atoms. The molecule has 3 aromatic carbocycles. The van der Waals surface area contributed by atoms with E-state index in [1.807, 2.05) is 42.5 Å². The number of aromatic nitrogens is 2. The number of benzene rings is 3. The lowest BCUT2D eigenvalue weighted by atomic mass is 10.1. The fraction of sp³-hybridized carbons (Fsp3) is 0.143. The highest BCUT2D eigenvalue weighted by Gasteiger charge is 2.19. The monoisotopic (exact) mass is 421 g/mol. The van der Waals surface area contributed by atoms with Crippen molar-refractivity contribution in [2.75, 3.05) is 0 Å². The van der Waals surface area contributed by atoms with Gasteiger partial charge in [-0.05, 0) is 18.1 Å². The average Bonchev–Trinajstić information content (AvgIpc) is 3.16. The van der Waals surface area contributed by atoms with E-state index in [9.17, 15) is 4.79 Å². The molecule has 160 valence electrons. The van der Waals surface area contributed by atoms with E-state index in [-0.39, 0.29) is 5.91 Å². The second-order valence-electron chi connectivity index (χ2n) is 7.89. The van der Waals surface area contributed by atoms with Crippen molar-refractivity contribution in [1.29, 1.82) is 0 Å². The molecule has 1 heterocycles. The normalized spacial score (nSPS) is 10.7. The zero-order chi connectivity index (χ0) is 22.3. The van der Waals surface area contributed by atoms with Crippen molar-refractivity contribution >= 4 is 5.91 Å². The second-order valence-corrected chi connectivity index (χ2v) is 7.89. The number of nitrogens with one attached hydrogen (secondary N) is 1. The van der Waals surface area contributed by atoms with Crippen LogP contribution in [0.3, 0.4) is 0 Å². The molecule has 0 bridgehead atoms. The summed E-state index contributed by atoms with van der Waals surface area (Å²) < 4.78 is 2.28. The highest BCUT2D eigenvalue weighted by molar-refractivity contribution is 5.92. The predicted octanol–water partition coefficient (Wildman–Crippen LogP) is 5.38. The zero-order valence-electron chi connectivity index (χ0n) is 18.3. The first-order valence-corrected chi connectivity index (χ1v) is 10.8. The molecule has 0 radical (unpaired) electrons. The highest BCUT2D eigenvalue weighted by Crippen LogP contribution is 2.26. The van der Waals surface area contributed by atoms with Gasteiger partial charge in [-0.2, -0.15) is 0 Å². The molecule has 0 saturated carbocycles. The Kier molecular flexibility index (Phi) is 6.61. The summed E-state index contributed by atoms with van der Waals surface area (Å²) in [7, 11) is 0. The number of hydrogen-bond donors (Lipinski definition) is 1. The molecule has 0 fully saturated rings. The molecule has 0 saturated heterocycles. The summed E-state index contributed by atoms with van der Waals surface area (Å²) in [4.78, 5) is 17.2. The Balaban J connectivity index is 1.82. The summed E-state index contributed by atoms with van der Waals surface area (Å²) in [5.74, 6) is 0.745. The predicted molar refractivity (Wildman–Crippen MR) is 129 cm³/mol. The van der Waals surface area contributed by atoms with E-state index in [2.05, 4.69) is 65.0 Å². The van der Waals surface area contributed by atoms with Crippen LogP contribution in [-0.2, 0) is 24.3 Å². The van der Waals surface area contributed by atoms with E-state index in [0.717, 1.165) is 29.2 Å². The summed E-state index contributed by atoms with van der Waals surface area (Å²) in [6.07, 6.45) is 0.728. The summed E-state index contributed by atoms with van der Waals surface area (Å²) in [6.45, 7) is 6.52. The average molecular weight is 422 g/mol. The van der Waals surface area contributed by atoms with E-state index in [1.165, 1.54) is 11.1 Å². The third-order valence-electron chi connectivity index (χ3n) is 5.39.